The van der Waals surface area contributed by atoms with Crippen LogP contribution in [0.25, 0.3) is 0 Å². The lowest BCUT2D eigenvalue weighted by Gasteiger charge is -2.19. The molecule has 1 aromatic carbocycles. The summed E-state index contributed by atoms with van der Waals surface area (Å²) >= 11 is 0. The number of pyridine rings is 1. The van der Waals surface area contributed by atoms with Crippen LogP contribution < -0.4 is 32.5 Å². The van der Waals surface area contributed by atoms with Crippen molar-refractivity contribution in [3.8, 4) is 0 Å². The monoisotopic (exact) mass is 528 g/mol. The minimum Gasteiger partial charge on any atom is -0.444 e. The number of ether oxygens (including phenoxy) is 1. The first kappa shape index (κ1) is 28.5. The van der Waals surface area contributed by atoms with Gasteiger partial charge in [-0.05, 0) is 29.8 Å². The number of nitrogens with two attached hydrogens (primary N) is 2. The summed E-state index contributed by atoms with van der Waals surface area (Å²) in [6.45, 7) is 0.811. The minimum atomic E-state index is -5.46. The molecule has 2 aromatic rings. The van der Waals surface area contributed by atoms with Crippen molar-refractivity contribution in [2.75, 3.05) is 18.5 Å². The fourth-order valence-electron chi connectivity index (χ4n) is 2.68. The quantitative estimate of drug-likeness (QED) is 0.148. The normalized spacial score (nSPS) is 11.6. The highest BCUT2D eigenvalue weighted by Gasteiger charge is 2.43. The number of guanidine groups is 1. The van der Waals surface area contributed by atoms with E-state index in [1.54, 1.807) is 30.3 Å². The molecule has 0 saturated heterocycles. The number of carbonyl (C=O) groups is 3. The first-order valence-electron chi connectivity index (χ1n) is 10.4. The van der Waals surface area contributed by atoms with E-state index in [4.69, 9.17) is 16.2 Å². The molecule has 6 N–H and O–H groups in total. The van der Waals surface area contributed by atoms with Gasteiger partial charge < -0.3 is 31.2 Å². The van der Waals surface area contributed by atoms with E-state index in [-0.39, 0.29) is 30.4 Å². The molecule has 0 radical (unpaired) electrons. The zero-order valence-electron chi connectivity index (χ0n) is 19.3. The van der Waals surface area contributed by atoms with E-state index in [1.807, 2.05) is 0 Å². The number of aromatic nitrogens is 1. The second kappa shape index (κ2) is 12.8. The van der Waals surface area contributed by atoms with Crippen molar-refractivity contribution in [3.63, 3.8) is 0 Å². The van der Waals surface area contributed by atoms with Gasteiger partial charge in [0.15, 0.2) is 0 Å². The molecule has 0 spiro atoms. The standard InChI is InChI=1S/C21H23F3N6O7/c1-12(16(31)27-9-10-36-29-19(25)26)15-8-7-14(17(32)30(15)37-18(33)21(22,23)24)28-20(34)35-11-13-5-3-2-4-6-13/h2-8,12H,9-11H2,1H3,(H,27,31)(H,28,34)(H4,25,26,29). The maximum absolute atomic E-state index is 12.8. The lowest BCUT2D eigenvalue weighted by Crippen LogP contribution is -2.42. The van der Waals surface area contributed by atoms with Crippen LogP contribution in [0.15, 0.2) is 52.4 Å². The maximum Gasteiger partial charge on any atom is 0.493 e. The second-order valence-electron chi connectivity index (χ2n) is 7.20. The molecule has 16 heteroatoms. The third kappa shape index (κ3) is 8.75. The van der Waals surface area contributed by atoms with Gasteiger partial charge in [0, 0.05) is 0 Å². The molecule has 0 aliphatic carbocycles. The number of alkyl halides is 3. The molecule has 0 aliphatic rings. The van der Waals surface area contributed by atoms with Crippen molar-refractivity contribution in [3.05, 3.63) is 64.1 Å². The molecule has 37 heavy (non-hydrogen) atoms. The Bertz CT molecular complexity index is 1200. The molecular formula is C21H23F3N6O7. The van der Waals surface area contributed by atoms with Crippen LogP contribution in [0, 0.1) is 0 Å². The number of amides is 2. The summed E-state index contributed by atoms with van der Waals surface area (Å²) in [7, 11) is 0. The summed E-state index contributed by atoms with van der Waals surface area (Å²) in [5.74, 6) is -5.14. The number of carbonyl (C=O) groups excluding carboxylic acids is 3. The van der Waals surface area contributed by atoms with Crippen LogP contribution in [0.4, 0.5) is 23.7 Å². The average Bonchev–Trinajstić information content (AvgIpc) is 2.84. The number of nitrogens with one attached hydrogen (secondary N) is 2. The minimum absolute atomic E-state index is 0.0250. The van der Waals surface area contributed by atoms with E-state index in [0.29, 0.717) is 5.56 Å². The van der Waals surface area contributed by atoms with Crippen molar-refractivity contribution in [1.29, 1.82) is 0 Å². The third-order valence-electron chi connectivity index (χ3n) is 4.42. The first-order chi connectivity index (χ1) is 17.4. The summed E-state index contributed by atoms with van der Waals surface area (Å²) in [6, 6.07) is 10.5. The smallest absolute Gasteiger partial charge is 0.444 e. The second-order valence-corrected chi connectivity index (χ2v) is 7.20. The molecule has 0 bridgehead atoms. The summed E-state index contributed by atoms with van der Waals surface area (Å²) in [4.78, 5) is 57.7. The molecule has 0 saturated carbocycles. The van der Waals surface area contributed by atoms with E-state index in [2.05, 4.69) is 25.5 Å². The predicted octanol–water partition coefficient (Wildman–Crippen LogP) is 0.539. The molecule has 2 rings (SSSR count). The highest BCUT2D eigenvalue weighted by molar-refractivity contribution is 5.85. The number of nitrogens with zero attached hydrogens (tertiary/aromatic N) is 2. The number of benzene rings is 1. The van der Waals surface area contributed by atoms with Crippen molar-refractivity contribution < 1.29 is 42.0 Å². The lowest BCUT2D eigenvalue weighted by atomic mass is 10.1. The molecule has 1 heterocycles. The van der Waals surface area contributed by atoms with E-state index in [9.17, 15) is 32.3 Å². The zero-order chi connectivity index (χ0) is 27.6. The van der Waals surface area contributed by atoms with Gasteiger partial charge in [0.25, 0.3) is 0 Å². The molecule has 13 nitrogen and oxygen atoms in total. The Morgan fingerprint density at radius 1 is 1.11 bits per heavy atom. The van der Waals surface area contributed by atoms with Gasteiger partial charge in [-0.25, -0.2) is 9.59 Å². The molecular weight excluding hydrogens is 505 g/mol. The fourth-order valence-corrected chi connectivity index (χ4v) is 2.68. The number of rotatable bonds is 10. The van der Waals surface area contributed by atoms with Crippen LogP contribution in [0.3, 0.4) is 0 Å². The van der Waals surface area contributed by atoms with Crippen molar-refractivity contribution >= 4 is 29.6 Å². The van der Waals surface area contributed by atoms with E-state index < -0.39 is 47.0 Å². The molecule has 0 aliphatic heterocycles. The summed E-state index contributed by atoms with van der Waals surface area (Å²) in [5.41, 5.74) is 8.42. The molecule has 0 fully saturated rings. The Morgan fingerprint density at radius 2 is 1.78 bits per heavy atom. The van der Waals surface area contributed by atoms with Gasteiger partial charge in [-0.2, -0.15) is 13.2 Å². The first-order valence-corrected chi connectivity index (χ1v) is 10.4. The SMILES string of the molecule is CC(C(=O)NCCON=C(N)N)c1ccc(NC(=O)OCc2ccccc2)c(=O)n1OC(=O)C(F)(F)F. The number of halogens is 3. The van der Waals surface area contributed by atoms with Crippen LogP contribution in [0.1, 0.15) is 24.1 Å². The van der Waals surface area contributed by atoms with Crippen molar-refractivity contribution in [2.45, 2.75) is 25.6 Å². The zero-order valence-corrected chi connectivity index (χ0v) is 19.3. The number of hydrogen-bond donors (Lipinski definition) is 4. The largest absolute Gasteiger partial charge is 0.493 e. The van der Waals surface area contributed by atoms with Crippen LogP contribution in [-0.2, 0) is 25.8 Å². The Kier molecular flexibility index (Phi) is 9.85. The van der Waals surface area contributed by atoms with Gasteiger partial charge in [-0.15, -0.1) is 4.73 Å². The van der Waals surface area contributed by atoms with Crippen LogP contribution >= 0.6 is 0 Å². The molecule has 200 valence electrons. The van der Waals surface area contributed by atoms with Crippen molar-refractivity contribution in [2.24, 2.45) is 16.6 Å². The molecule has 2 amide bonds. The lowest BCUT2D eigenvalue weighted by molar-refractivity contribution is -0.200. The van der Waals surface area contributed by atoms with Crippen LogP contribution in [0.2, 0.25) is 0 Å². The number of oxime groups is 1. The van der Waals surface area contributed by atoms with Gasteiger partial charge in [0.2, 0.25) is 11.9 Å². The number of hydrogen-bond acceptors (Lipinski definition) is 8. The predicted molar refractivity (Wildman–Crippen MR) is 122 cm³/mol. The van der Waals surface area contributed by atoms with Gasteiger partial charge in [-0.3, -0.25) is 14.9 Å². The topological polar surface area (TPSA) is 189 Å². The number of anilines is 1. The highest BCUT2D eigenvalue weighted by Crippen LogP contribution is 2.19. The molecule has 1 unspecified atom stereocenters. The van der Waals surface area contributed by atoms with Crippen LogP contribution in [-0.4, -0.2) is 48.0 Å². The third-order valence-corrected chi connectivity index (χ3v) is 4.42. The van der Waals surface area contributed by atoms with Gasteiger partial charge >= 0.3 is 23.8 Å². The van der Waals surface area contributed by atoms with Gasteiger partial charge in [0.1, 0.15) is 18.9 Å². The fraction of sp³-hybridized carbons (Fsp3) is 0.286. The summed E-state index contributed by atoms with van der Waals surface area (Å²) in [6.07, 6.45) is -6.56. The van der Waals surface area contributed by atoms with E-state index >= 15 is 0 Å². The van der Waals surface area contributed by atoms with Crippen molar-refractivity contribution in [1.82, 2.24) is 10.0 Å². The summed E-state index contributed by atoms with van der Waals surface area (Å²) in [5, 5.41) is 7.69. The van der Waals surface area contributed by atoms with E-state index in [0.717, 1.165) is 12.1 Å². The Labute approximate surface area is 207 Å². The Hall–Kier alpha value is -4.76. The van der Waals surface area contributed by atoms with Gasteiger partial charge in [0.05, 0.1) is 18.2 Å². The maximum atomic E-state index is 12.8. The highest BCUT2D eigenvalue weighted by atomic mass is 19.4. The molecule has 1 atom stereocenters. The Balaban J connectivity index is 2.22. The van der Waals surface area contributed by atoms with Crippen LogP contribution in [0.5, 0.6) is 0 Å². The summed E-state index contributed by atoms with van der Waals surface area (Å²) < 4.78 is 43.4. The van der Waals surface area contributed by atoms with Gasteiger partial charge in [-0.1, -0.05) is 30.3 Å². The van der Waals surface area contributed by atoms with E-state index in [1.165, 1.54) is 6.92 Å². The average molecular weight is 528 g/mol. The molecule has 1 aromatic heterocycles. The Morgan fingerprint density at radius 3 is 2.41 bits per heavy atom.